The maximum absolute atomic E-state index is 13.8. The number of alkyl halides is 2. The molecule has 1 aromatic carbocycles. The summed E-state index contributed by atoms with van der Waals surface area (Å²) in [6.07, 6.45) is -2.90. The van der Waals surface area contributed by atoms with Crippen molar-refractivity contribution in [3.05, 3.63) is 51.2 Å². The van der Waals surface area contributed by atoms with Gasteiger partial charge in [0.05, 0.1) is 18.7 Å². The maximum Gasteiger partial charge on any atom is 0.266 e. The van der Waals surface area contributed by atoms with E-state index in [-0.39, 0.29) is 29.2 Å². The third kappa shape index (κ3) is 4.16. The van der Waals surface area contributed by atoms with Crippen molar-refractivity contribution in [2.45, 2.75) is 33.4 Å². The van der Waals surface area contributed by atoms with Crippen molar-refractivity contribution in [3.8, 4) is 0 Å². The van der Waals surface area contributed by atoms with Crippen LogP contribution in [-0.4, -0.2) is 39.0 Å². The SMILES string of the molecule is CC.CN(C)c1nc2c(c(CO)nn2Cc2ccc(C(F)F)c(F)c2)c(=O)[nH]1. The van der Waals surface area contributed by atoms with Gasteiger partial charge in [0.1, 0.15) is 16.9 Å². The van der Waals surface area contributed by atoms with Crippen LogP contribution in [0.2, 0.25) is 0 Å². The van der Waals surface area contributed by atoms with Crippen molar-refractivity contribution in [3.63, 3.8) is 0 Å². The molecule has 0 unspecified atom stereocenters. The van der Waals surface area contributed by atoms with Crippen LogP contribution in [0.15, 0.2) is 23.0 Å². The fourth-order valence-corrected chi connectivity index (χ4v) is 2.59. The van der Waals surface area contributed by atoms with Gasteiger partial charge in [-0.05, 0) is 11.6 Å². The first kappa shape index (κ1) is 21.4. The van der Waals surface area contributed by atoms with E-state index >= 15 is 0 Å². The summed E-state index contributed by atoms with van der Waals surface area (Å²) >= 11 is 0. The molecule has 0 bridgehead atoms. The van der Waals surface area contributed by atoms with Crippen molar-refractivity contribution in [2.24, 2.45) is 0 Å². The van der Waals surface area contributed by atoms with Gasteiger partial charge in [0.25, 0.3) is 12.0 Å². The molecule has 0 atom stereocenters. The van der Waals surface area contributed by atoms with E-state index in [2.05, 4.69) is 15.1 Å². The first-order valence-corrected chi connectivity index (χ1v) is 8.66. The fourth-order valence-electron chi connectivity index (χ4n) is 2.59. The Morgan fingerprint density at radius 3 is 2.50 bits per heavy atom. The number of aromatic nitrogens is 4. The van der Waals surface area contributed by atoms with Gasteiger partial charge in [0.2, 0.25) is 5.95 Å². The quantitative estimate of drug-likeness (QED) is 0.691. The molecule has 10 heteroatoms. The van der Waals surface area contributed by atoms with Crippen LogP contribution in [0.1, 0.15) is 37.1 Å². The molecule has 0 aliphatic carbocycles. The molecule has 0 spiro atoms. The van der Waals surface area contributed by atoms with E-state index in [1.54, 1.807) is 19.0 Å². The second kappa shape index (κ2) is 8.87. The Bertz CT molecular complexity index is 1010. The molecule has 28 heavy (non-hydrogen) atoms. The van der Waals surface area contributed by atoms with E-state index in [0.29, 0.717) is 5.56 Å². The van der Waals surface area contributed by atoms with Gasteiger partial charge in [0, 0.05) is 14.1 Å². The summed E-state index contributed by atoms with van der Waals surface area (Å²) in [4.78, 5) is 20.8. The smallest absolute Gasteiger partial charge is 0.266 e. The van der Waals surface area contributed by atoms with Crippen LogP contribution in [0, 0.1) is 5.82 Å². The Kier molecular flexibility index (Phi) is 6.79. The Hall–Kier alpha value is -2.88. The van der Waals surface area contributed by atoms with Gasteiger partial charge in [-0.25, -0.2) is 17.9 Å². The van der Waals surface area contributed by atoms with E-state index in [4.69, 9.17) is 0 Å². The number of anilines is 1. The number of rotatable bonds is 5. The maximum atomic E-state index is 13.8. The molecular weight excluding hydrogens is 375 g/mol. The molecule has 0 aliphatic rings. The molecule has 0 fully saturated rings. The van der Waals surface area contributed by atoms with E-state index < -0.39 is 30.0 Å². The zero-order valence-electron chi connectivity index (χ0n) is 16.0. The molecule has 0 aliphatic heterocycles. The van der Waals surface area contributed by atoms with Crippen LogP contribution in [0.4, 0.5) is 19.1 Å². The molecule has 2 aromatic heterocycles. The van der Waals surface area contributed by atoms with Gasteiger partial charge in [0.15, 0.2) is 5.65 Å². The third-order valence-electron chi connectivity index (χ3n) is 3.87. The molecule has 0 saturated heterocycles. The highest BCUT2D eigenvalue weighted by atomic mass is 19.3. The average molecular weight is 397 g/mol. The summed E-state index contributed by atoms with van der Waals surface area (Å²) in [6.45, 7) is 3.52. The van der Waals surface area contributed by atoms with Gasteiger partial charge in [-0.1, -0.05) is 26.0 Å². The van der Waals surface area contributed by atoms with Crippen molar-refractivity contribution in [1.29, 1.82) is 0 Å². The molecule has 2 N–H and O–H groups in total. The first-order chi connectivity index (χ1) is 13.3. The molecule has 0 radical (unpaired) electrons. The van der Waals surface area contributed by atoms with Gasteiger partial charge in [-0.3, -0.25) is 9.78 Å². The van der Waals surface area contributed by atoms with Crippen LogP contribution in [-0.2, 0) is 13.2 Å². The number of hydrogen-bond donors (Lipinski definition) is 2. The molecule has 3 rings (SSSR count). The number of hydrogen-bond acceptors (Lipinski definition) is 5. The number of fused-ring (bicyclic) bond motifs is 1. The first-order valence-electron chi connectivity index (χ1n) is 8.66. The largest absolute Gasteiger partial charge is 0.390 e. The Morgan fingerprint density at radius 2 is 1.96 bits per heavy atom. The Labute approximate surface area is 159 Å². The third-order valence-corrected chi connectivity index (χ3v) is 3.87. The Morgan fingerprint density at radius 1 is 1.29 bits per heavy atom. The minimum absolute atomic E-state index is 0.000258. The second-order valence-corrected chi connectivity index (χ2v) is 5.90. The van der Waals surface area contributed by atoms with Gasteiger partial charge in [-0.15, -0.1) is 0 Å². The topological polar surface area (TPSA) is 87.0 Å². The predicted molar refractivity (Wildman–Crippen MR) is 100 cm³/mol. The highest BCUT2D eigenvalue weighted by Crippen LogP contribution is 2.23. The van der Waals surface area contributed by atoms with Crippen LogP contribution in [0.3, 0.4) is 0 Å². The molecule has 7 nitrogen and oxygen atoms in total. The molecule has 0 amide bonds. The van der Waals surface area contributed by atoms with Gasteiger partial charge < -0.3 is 10.0 Å². The number of aromatic amines is 1. The number of halogens is 3. The van der Waals surface area contributed by atoms with Gasteiger partial charge >= 0.3 is 0 Å². The van der Waals surface area contributed by atoms with Gasteiger partial charge in [-0.2, -0.15) is 10.1 Å². The van der Waals surface area contributed by atoms with Crippen LogP contribution >= 0.6 is 0 Å². The minimum Gasteiger partial charge on any atom is -0.390 e. The fraction of sp³-hybridized carbons (Fsp3) is 0.389. The lowest BCUT2D eigenvalue weighted by Crippen LogP contribution is -2.19. The lowest BCUT2D eigenvalue weighted by atomic mass is 10.1. The highest BCUT2D eigenvalue weighted by Gasteiger charge is 2.18. The lowest BCUT2D eigenvalue weighted by molar-refractivity contribution is 0.146. The van der Waals surface area contributed by atoms with Crippen molar-refractivity contribution in [2.75, 3.05) is 19.0 Å². The number of benzene rings is 1. The van der Waals surface area contributed by atoms with Crippen LogP contribution in [0.5, 0.6) is 0 Å². The summed E-state index contributed by atoms with van der Waals surface area (Å²) in [6, 6.07) is 3.36. The minimum atomic E-state index is -2.90. The summed E-state index contributed by atoms with van der Waals surface area (Å²) in [7, 11) is 3.38. The highest BCUT2D eigenvalue weighted by molar-refractivity contribution is 5.78. The number of H-pyrrole nitrogens is 1. The number of nitrogens with one attached hydrogen (secondary N) is 1. The van der Waals surface area contributed by atoms with Crippen LogP contribution in [0.25, 0.3) is 11.0 Å². The standard InChI is InChI=1S/C16H16F3N5O2.C2H6/c1-23(2)16-20-14-12(15(26)21-16)11(7-25)22-24(14)6-8-3-4-9(13(18)19)10(17)5-8;1-2/h3-5,13,25H,6-7H2,1-2H3,(H,20,21,26);1-2H3. The summed E-state index contributed by atoms with van der Waals surface area (Å²) < 4.78 is 40.5. The van der Waals surface area contributed by atoms with E-state index in [9.17, 15) is 23.1 Å². The zero-order chi connectivity index (χ0) is 21.0. The molecule has 152 valence electrons. The summed E-state index contributed by atoms with van der Waals surface area (Å²) in [5.74, 6) is -0.733. The monoisotopic (exact) mass is 397 g/mol. The second-order valence-electron chi connectivity index (χ2n) is 5.90. The van der Waals surface area contributed by atoms with Crippen molar-refractivity contribution in [1.82, 2.24) is 19.7 Å². The number of aliphatic hydroxyl groups is 1. The lowest BCUT2D eigenvalue weighted by Gasteiger charge is -2.11. The number of nitrogens with zero attached hydrogens (tertiary/aromatic N) is 4. The molecule has 0 saturated carbocycles. The number of aliphatic hydroxyl groups excluding tert-OH is 1. The van der Waals surface area contributed by atoms with Crippen LogP contribution < -0.4 is 10.5 Å². The van der Waals surface area contributed by atoms with E-state index in [0.717, 1.165) is 12.1 Å². The summed E-state index contributed by atoms with van der Waals surface area (Å²) in [5.41, 5.74) is -0.439. The van der Waals surface area contributed by atoms with Crippen molar-refractivity contribution >= 4 is 17.0 Å². The molecule has 3 aromatic rings. The zero-order valence-corrected chi connectivity index (χ0v) is 16.0. The summed E-state index contributed by atoms with van der Waals surface area (Å²) in [5, 5.41) is 13.7. The molecular formula is C18H22F3N5O2. The van der Waals surface area contributed by atoms with Crippen molar-refractivity contribution < 1.29 is 18.3 Å². The average Bonchev–Trinajstić information content (AvgIpc) is 3.01. The predicted octanol–water partition coefficient (Wildman–Crippen LogP) is 2.83. The Balaban J connectivity index is 0.00000136. The molecule has 2 heterocycles. The van der Waals surface area contributed by atoms with E-state index in [1.165, 1.54) is 10.7 Å². The normalized spacial score (nSPS) is 10.9. The van der Waals surface area contributed by atoms with E-state index in [1.807, 2.05) is 13.8 Å².